The monoisotopic (exact) mass is 283 g/mol. The van der Waals surface area contributed by atoms with Crippen molar-refractivity contribution in [3.8, 4) is 0 Å². The molecule has 0 radical (unpaired) electrons. The average Bonchev–Trinajstić information content (AvgIpc) is 2.33. The summed E-state index contributed by atoms with van der Waals surface area (Å²) >= 11 is 0. The van der Waals surface area contributed by atoms with Gasteiger partial charge in [0.25, 0.3) is 0 Å². The van der Waals surface area contributed by atoms with Gasteiger partial charge in [-0.25, -0.2) is 0 Å². The average molecular weight is 283 g/mol. The van der Waals surface area contributed by atoms with E-state index < -0.39 is 18.7 Å². The third kappa shape index (κ3) is 8.44. The second-order valence-corrected chi connectivity index (χ2v) is 5.44. The molecule has 19 heavy (non-hydrogen) atoms. The molecule has 3 nitrogen and oxygen atoms in total. The van der Waals surface area contributed by atoms with Crippen molar-refractivity contribution in [2.75, 3.05) is 19.7 Å². The van der Waals surface area contributed by atoms with Gasteiger partial charge in [0.15, 0.2) is 0 Å². The number of hydrogen-bond acceptors (Lipinski definition) is 3. The van der Waals surface area contributed by atoms with Gasteiger partial charge in [0.05, 0.1) is 25.2 Å². The molecule has 1 fully saturated rings. The Morgan fingerprint density at radius 3 is 2.47 bits per heavy atom. The topological polar surface area (TPSA) is 41.5 Å². The first-order valence-corrected chi connectivity index (χ1v) is 6.94. The van der Waals surface area contributed by atoms with Crippen LogP contribution in [0.1, 0.15) is 39.0 Å². The quantitative estimate of drug-likeness (QED) is 0.705. The summed E-state index contributed by atoms with van der Waals surface area (Å²) in [7, 11) is 0. The first kappa shape index (κ1) is 16.7. The summed E-state index contributed by atoms with van der Waals surface area (Å²) in [5, 5.41) is 12.2. The molecular weight excluding hydrogens is 259 g/mol. The van der Waals surface area contributed by atoms with Crippen molar-refractivity contribution in [3.05, 3.63) is 0 Å². The Morgan fingerprint density at radius 1 is 1.26 bits per heavy atom. The Balaban J connectivity index is 2.00. The van der Waals surface area contributed by atoms with E-state index in [1.165, 1.54) is 0 Å². The molecular formula is C13H24F3NO2. The van der Waals surface area contributed by atoms with Gasteiger partial charge in [-0.15, -0.1) is 0 Å². The number of aliphatic hydroxyl groups is 1. The third-order valence-electron chi connectivity index (χ3n) is 3.45. The minimum Gasteiger partial charge on any atom is -0.389 e. The van der Waals surface area contributed by atoms with Crippen molar-refractivity contribution >= 4 is 0 Å². The van der Waals surface area contributed by atoms with E-state index in [-0.39, 0.29) is 25.8 Å². The van der Waals surface area contributed by atoms with Gasteiger partial charge in [0.1, 0.15) is 0 Å². The molecule has 0 bridgehead atoms. The highest BCUT2D eigenvalue weighted by Gasteiger charge is 2.26. The molecule has 0 aromatic carbocycles. The lowest BCUT2D eigenvalue weighted by Gasteiger charge is -2.27. The Hall–Kier alpha value is -0.330. The van der Waals surface area contributed by atoms with Gasteiger partial charge in [-0.05, 0) is 31.6 Å². The Labute approximate surface area is 112 Å². The lowest BCUT2D eigenvalue weighted by molar-refractivity contribution is -0.133. The fraction of sp³-hybridized carbons (Fsp3) is 1.00. The Bertz CT molecular complexity index is 241. The minimum atomic E-state index is -4.15. The zero-order valence-electron chi connectivity index (χ0n) is 11.4. The number of aliphatic hydroxyl groups excluding tert-OH is 1. The first-order chi connectivity index (χ1) is 8.87. The van der Waals surface area contributed by atoms with Gasteiger partial charge in [-0.3, -0.25) is 0 Å². The molecule has 0 amide bonds. The lowest BCUT2D eigenvalue weighted by atomic mass is 9.89. The normalized spacial score (nSPS) is 26.4. The van der Waals surface area contributed by atoms with Crippen molar-refractivity contribution < 1.29 is 23.0 Å². The molecule has 0 aromatic rings. The summed E-state index contributed by atoms with van der Waals surface area (Å²) in [4.78, 5) is 0. The van der Waals surface area contributed by atoms with Crippen LogP contribution in [0.2, 0.25) is 0 Å². The molecule has 0 saturated heterocycles. The summed E-state index contributed by atoms with van der Waals surface area (Å²) in [6.45, 7) is 2.38. The summed E-state index contributed by atoms with van der Waals surface area (Å²) in [5.74, 6) is 0.744. The Kier molecular flexibility index (Phi) is 7.10. The maximum Gasteiger partial charge on any atom is 0.390 e. The van der Waals surface area contributed by atoms with Crippen molar-refractivity contribution in [1.82, 2.24) is 5.32 Å². The SMILES string of the molecule is CC1CCC(OCC(O)CNCCC(F)(F)F)CC1. The molecule has 114 valence electrons. The number of nitrogens with one attached hydrogen (secondary N) is 1. The minimum absolute atomic E-state index is 0.138. The molecule has 0 spiro atoms. The maximum absolute atomic E-state index is 11.9. The van der Waals surface area contributed by atoms with Crippen LogP contribution in [0, 0.1) is 5.92 Å². The molecule has 1 atom stereocenters. The number of rotatable bonds is 7. The van der Waals surface area contributed by atoms with Crippen LogP contribution in [-0.4, -0.2) is 43.2 Å². The van der Waals surface area contributed by atoms with E-state index in [9.17, 15) is 18.3 Å². The highest BCUT2D eigenvalue weighted by Crippen LogP contribution is 2.25. The highest BCUT2D eigenvalue weighted by atomic mass is 19.4. The van der Waals surface area contributed by atoms with E-state index in [1.54, 1.807) is 0 Å². The first-order valence-electron chi connectivity index (χ1n) is 6.94. The summed E-state index contributed by atoms with van der Waals surface area (Å²) in [6, 6.07) is 0. The van der Waals surface area contributed by atoms with Crippen molar-refractivity contribution in [2.45, 2.75) is 57.4 Å². The summed E-state index contributed by atoms with van der Waals surface area (Å²) in [6.07, 6.45) is -1.26. The molecule has 0 aliphatic heterocycles. The third-order valence-corrected chi connectivity index (χ3v) is 3.45. The summed E-state index contributed by atoms with van der Waals surface area (Å²) in [5.41, 5.74) is 0. The molecule has 1 unspecified atom stereocenters. The van der Waals surface area contributed by atoms with Crippen LogP contribution in [0.3, 0.4) is 0 Å². The fourth-order valence-electron chi connectivity index (χ4n) is 2.20. The molecule has 6 heteroatoms. The Morgan fingerprint density at radius 2 is 1.89 bits per heavy atom. The predicted molar refractivity (Wildman–Crippen MR) is 66.9 cm³/mol. The second-order valence-electron chi connectivity index (χ2n) is 5.44. The highest BCUT2D eigenvalue weighted by molar-refractivity contribution is 4.71. The van der Waals surface area contributed by atoms with Crippen LogP contribution in [0.4, 0.5) is 13.2 Å². The fourth-order valence-corrected chi connectivity index (χ4v) is 2.20. The molecule has 1 rings (SSSR count). The van der Waals surface area contributed by atoms with Gasteiger partial charge in [-0.2, -0.15) is 13.2 Å². The lowest BCUT2D eigenvalue weighted by Crippen LogP contribution is -2.34. The van der Waals surface area contributed by atoms with Crippen LogP contribution >= 0.6 is 0 Å². The van der Waals surface area contributed by atoms with Crippen molar-refractivity contribution in [1.29, 1.82) is 0 Å². The van der Waals surface area contributed by atoms with Crippen LogP contribution < -0.4 is 5.32 Å². The van der Waals surface area contributed by atoms with Crippen LogP contribution in [-0.2, 0) is 4.74 Å². The number of hydrogen-bond donors (Lipinski definition) is 2. The van der Waals surface area contributed by atoms with Gasteiger partial charge >= 0.3 is 6.18 Å². The van der Waals surface area contributed by atoms with Gasteiger partial charge in [-0.1, -0.05) is 6.92 Å². The van der Waals surface area contributed by atoms with E-state index in [0.29, 0.717) is 0 Å². The largest absolute Gasteiger partial charge is 0.390 e. The van der Waals surface area contributed by atoms with E-state index in [4.69, 9.17) is 4.74 Å². The molecule has 0 aromatic heterocycles. The van der Waals surface area contributed by atoms with Crippen LogP contribution in [0.15, 0.2) is 0 Å². The second kappa shape index (κ2) is 8.07. The van der Waals surface area contributed by atoms with Crippen LogP contribution in [0.25, 0.3) is 0 Å². The standard InChI is InChI=1S/C13H24F3NO2/c1-10-2-4-12(5-3-10)19-9-11(18)8-17-7-6-13(14,15)16/h10-12,17-18H,2-9H2,1H3. The predicted octanol–water partition coefficient (Wildman–Crippen LogP) is 2.48. The molecule has 0 heterocycles. The van der Waals surface area contributed by atoms with Gasteiger partial charge < -0.3 is 15.2 Å². The van der Waals surface area contributed by atoms with E-state index >= 15 is 0 Å². The van der Waals surface area contributed by atoms with Gasteiger partial charge in [0.2, 0.25) is 0 Å². The number of alkyl halides is 3. The number of halogens is 3. The summed E-state index contributed by atoms with van der Waals surface area (Å²) < 4.78 is 41.2. The zero-order chi connectivity index (χ0) is 14.3. The maximum atomic E-state index is 11.9. The van der Waals surface area contributed by atoms with E-state index in [1.807, 2.05) is 0 Å². The molecule has 1 aliphatic rings. The number of ether oxygens (including phenoxy) is 1. The zero-order valence-corrected chi connectivity index (χ0v) is 11.4. The van der Waals surface area contributed by atoms with Crippen molar-refractivity contribution in [2.24, 2.45) is 5.92 Å². The van der Waals surface area contributed by atoms with Crippen molar-refractivity contribution in [3.63, 3.8) is 0 Å². The molecule has 1 saturated carbocycles. The molecule has 2 N–H and O–H groups in total. The molecule has 1 aliphatic carbocycles. The smallest absolute Gasteiger partial charge is 0.389 e. The van der Waals surface area contributed by atoms with E-state index in [2.05, 4.69) is 12.2 Å². The van der Waals surface area contributed by atoms with E-state index in [0.717, 1.165) is 31.6 Å². The van der Waals surface area contributed by atoms with Gasteiger partial charge in [0, 0.05) is 13.1 Å². The van der Waals surface area contributed by atoms with Crippen LogP contribution in [0.5, 0.6) is 0 Å².